The number of allylic oxidation sites excluding steroid dienone is 2. The standard InChI is InChI=1S/C13H16.Y/c1-10(2)5-8-13-9-11(3)6-7-12(13)4;/h6-7H,8H2,1-4H3;/q-2;. The fraction of sp³-hybridized carbons (Fsp3) is 0.385. The Labute approximate surface area is 113 Å². The van der Waals surface area contributed by atoms with E-state index in [1.54, 1.807) is 0 Å². The number of hydrogen-bond acceptors (Lipinski definition) is 0. The van der Waals surface area contributed by atoms with E-state index in [4.69, 9.17) is 0 Å². The van der Waals surface area contributed by atoms with Gasteiger partial charge in [-0.2, -0.15) is 41.3 Å². The van der Waals surface area contributed by atoms with E-state index >= 15 is 0 Å². The van der Waals surface area contributed by atoms with Gasteiger partial charge in [0.05, 0.1) is 0 Å². The first-order chi connectivity index (χ1) is 6.09. The Morgan fingerprint density at radius 3 is 2.50 bits per heavy atom. The van der Waals surface area contributed by atoms with Crippen molar-refractivity contribution in [3.05, 3.63) is 46.5 Å². The van der Waals surface area contributed by atoms with Gasteiger partial charge < -0.3 is 6.08 Å². The topological polar surface area (TPSA) is 0 Å². The van der Waals surface area contributed by atoms with Crippen LogP contribution in [0.2, 0.25) is 0 Å². The summed E-state index contributed by atoms with van der Waals surface area (Å²) in [6.07, 6.45) is 4.20. The Morgan fingerprint density at radius 1 is 1.29 bits per heavy atom. The molecule has 0 aromatic heterocycles. The van der Waals surface area contributed by atoms with E-state index in [0.717, 1.165) is 6.42 Å². The minimum absolute atomic E-state index is 0. The Balaban J connectivity index is 0.00000169. The minimum atomic E-state index is 0. The van der Waals surface area contributed by atoms with Gasteiger partial charge in [-0.3, -0.25) is 5.57 Å². The third-order valence-corrected chi connectivity index (χ3v) is 2.03. The zero-order chi connectivity index (χ0) is 9.84. The van der Waals surface area contributed by atoms with E-state index in [1.165, 1.54) is 22.3 Å². The Bertz CT molecular complexity index is 320. The molecule has 73 valence electrons. The molecule has 0 fully saturated rings. The molecule has 1 radical (unpaired) electrons. The first-order valence-electron chi connectivity index (χ1n) is 4.62. The van der Waals surface area contributed by atoms with Crippen LogP contribution in [-0.4, -0.2) is 0 Å². The van der Waals surface area contributed by atoms with Gasteiger partial charge in [0.2, 0.25) is 0 Å². The molecule has 0 N–H and O–H groups in total. The summed E-state index contributed by atoms with van der Waals surface area (Å²) in [6.45, 7) is 8.35. The van der Waals surface area contributed by atoms with E-state index in [2.05, 4.69) is 52.0 Å². The van der Waals surface area contributed by atoms with Gasteiger partial charge in [-0.25, -0.2) is 0 Å². The average molecular weight is 261 g/mol. The molecule has 0 saturated heterocycles. The van der Waals surface area contributed by atoms with E-state index in [0.29, 0.717) is 0 Å². The zero-order valence-corrected chi connectivity index (χ0v) is 12.3. The SMILES string of the molecule is CC(C)=[C-]Cc1[c-]c(C)ccc1C.[Y]. The van der Waals surface area contributed by atoms with E-state index in [1.807, 2.05) is 0 Å². The van der Waals surface area contributed by atoms with Gasteiger partial charge in [-0.15, -0.1) is 0 Å². The third kappa shape index (κ3) is 4.53. The molecule has 0 spiro atoms. The molecule has 0 atom stereocenters. The predicted octanol–water partition coefficient (Wildman–Crippen LogP) is 3.41. The second-order valence-electron chi connectivity index (χ2n) is 3.66. The molecule has 0 heterocycles. The van der Waals surface area contributed by atoms with Gasteiger partial charge in [0.25, 0.3) is 0 Å². The number of aryl methyl sites for hydroxylation is 2. The van der Waals surface area contributed by atoms with Crippen LogP contribution in [0.4, 0.5) is 0 Å². The van der Waals surface area contributed by atoms with Crippen molar-refractivity contribution in [2.24, 2.45) is 0 Å². The zero-order valence-electron chi connectivity index (χ0n) is 9.44. The van der Waals surface area contributed by atoms with Crippen LogP contribution in [-0.2, 0) is 39.1 Å². The Hall–Kier alpha value is 0.0639. The van der Waals surface area contributed by atoms with Crippen molar-refractivity contribution in [3.8, 4) is 0 Å². The van der Waals surface area contributed by atoms with Crippen molar-refractivity contribution in [2.45, 2.75) is 34.1 Å². The summed E-state index contributed by atoms with van der Waals surface area (Å²) < 4.78 is 0. The summed E-state index contributed by atoms with van der Waals surface area (Å²) >= 11 is 0. The van der Waals surface area contributed by atoms with Crippen LogP contribution in [0.3, 0.4) is 0 Å². The fourth-order valence-corrected chi connectivity index (χ4v) is 1.18. The second-order valence-corrected chi connectivity index (χ2v) is 3.66. The van der Waals surface area contributed by atoms with Crippen molar-refractivity contribution >= 4 is 0 Å². The Morgan fingerprint density at radius 2 is 1.93 bits per heavy atom. The maximum atomic E-state index is 3.36. The molecule has 0 aliphatic rings. The van der Waals surface area contributed by atoms with Crippen LogP contribution in [0.15, 0.2) is 17.7 Å². The van der Waals surface area contributed by atoms with Crippen LogP contribution < -0.4 is 0 Å². The molecule has 0 amide bonds. The molecule has 1 aromatic rings. The van der Waals surface area contributed by atoms with Crippen LogP contribution in [0.1, 0.15) is 30.5 Å². The second kappa shape index (κ2) is 6.53. The normalized spacial score (nSPS) is 9.14. The summed E-state index contributed by atoms with van der Waals surface area (Å²) in [5, 5.41) is 0. The quantitative estimate of drug-likeness (QED) is 0.716. The largest absolute Gasteiger partial charge is 0.495 e. The van der Waals surface area contributed by atoms with Gasteiger partial charge in [0.1, 0.15) is 0 Å². The van der Waals surface area contributed by atoms with Gasteiger partial charge in [0.15, 0.2) is 0 Å². The molecule has 0 bridgehead atoms. The fourth-order valence-electron chi connectivity index (χ4n) is 1.18. The van der Waals surface area contributed by atoms with Crippen molar-refractivity contribution in [1.82, 2.24) is 0 Å². The summed E-state index contributed by atoms with van der Waals surface area (Å²) in [4.78, 5) is 0. The summed E-state index contributed by atoms with van der Waals surface area (Å²) in [7, 11) is 0. The summed E-state index contributed by atoms with van der Waals surface area (Å²) in [5.41, 5.74) is 5.02. The Kier molecular flexibility index (Phi) is 6.56. The average Bonchev–Trinajstić information content (AvgIpc) is 2.06. The van der Waals surface area contributed by atoms with Crippen molar-refractivity contribution in [1.29, 1.82) is 0 Å². The van der Waals surface area contributed by atoms with Gasteiger partial charge in [-0.05, 0) is 0 Å². The molecule has 0 aliphatic heterocycles. The van der Waals surface area contributed by atoms with Crippen molar-refractivity contribution in [3.63, 3.8) is 0 Å². The van der Waals surface area contributed by atoms with Gasteiger partial charge in [-0.1, -0.05) is 27.7 Å². The van der Waals surface area contributed by atoms with Crippen LogP contribution in [0, 0.1) is 26.0 Å². The van der Waals surface area contributed by atoms with Crippen molar-refractivity contribution in [2.75, 3.05) is 0 Å². The molecular weight excluding hydrogens is 245 g/mol. The third-order valence-electron chi connectivity index (χ3n) is 2.03. The molecular formula is C13H16Y-2. The molecule has 1 rings (SSSR count). The van der Waals surface area contributed by atoms with E-state index < -0.39 is 0 Å². The molecule has 0 saturated carbocycles. The van der Waals surface area contributed by atoms with Gasteiger partial charge >= 0.3 is 0 Å². The van der Waals surface area contributed by atoms with E-state index in [-0.39, 0.29) is 32.7 Å². The number of rotatable bonds is 2. The minimum Gasteiger partial charge on any atom is -0.495 e. The molecule has 1 aromatic carbocycles. The maximum absolute atomic E-state index is 3.36. The van der Waals surface area contributed by atoms with Crippen LogP contribution in [0.5, 0.6) is 0 Å². The summed E-state index contributed by atoms with van der Waals surface area (Å²) in [6, 6.07) is 7.60. The molecule has 0 aliphatic carbocycles. The first-order valence-corrected chi connectivity index (χ1v) is 4.62. The predicted molar refractivity (Wildman–Crippen MR) is 56.6 cm³/mol. The van der Waals surface area contributed by atoms with Crippen LogP contribution in [0.25, 0.3) is 0 Å². The maximum Gasteiger partial charge on any atom is 0 e. The van der Waals surface area contributed by atoms with Crippen LogP contribution >= 0.6 is 0 Å². The number of benzene rings is 1. The van der Waals surface area contributed by atoms with Gasteiger partial charge in [0, 0.05) is 32.7 Å². The molecule has 14 heavy (non-hydrogen) atoms. The van der Waals surface area contributed by atoms with Crippen molar-refractivity contribution < 1.29 is 32.7 Å². The monoisotopic (exact) mass is 261 g/mol. The van der Waals surface area contributed by atoms with E-state index in [9.17, 15) is 0 Å². The molecule has 1 heteroatoms. The smallest absolute Gasteiger partial charge is 0 e. The summed E-state index contributed by atoms with van der Waals surface area (Å²) in [5.74, 6) is 0. The molecule has 0 unspecified atom stereocenters. The number of hydrogen-bond donors (Lipinski definition) is 0. The molecule has 0 nitrogen and oxygen atoms in total. The first kappa shape index (κ1) is 14.1.